The van der Waals surface area contributed by atoms with Crippen LogP contribution in [0.4, 0.5) is 0 Å². The molecule has 0 radical (unpaired) electrons. The number of hydrogen-bond acceptors (Lipinski definition) is 0. The summed E-state index contributed by atoms with van der Waals surface area (Å²) in [5.41, 5.74) is 3.04. The number of aryl methyl sites for hydroxylation is 1. The topological polar surface area (TPSA) is 3.88 Å². The van der Waals surface area contributed by atoms with Crippen molar-refractivity contribution in [3.8, 4) is 11.3 Å². The van der Waals surface area contributed by atoms with Gasteiger partial charge in [-0.1, -0.05) is 18.2 Å². The van der Waals surface area contributed by atoms with Crippen molar-refractivity contribution in [2.24, 2.45) is 7.05 Å². The van der Waals surface area contributed by atoms with E-state index in [2.05, 4.69) is 0 Å². The van der Waals surface area contributed by atoms with Gasteiger partial charge in [0.1, 0.15) is 8.42 Å². The van der Waals surface area contributed by atoms with Gasteiger partial charge in [0.05, 0.1) is 1.37 Å². The summed E-state index contributed by atoms with van der Waals surface area (Å²) >= 11 is 0. The van der Waals surface area contributed by atoms with Crippen LogP contribution in [0.5, 0.6) is 0 Å². The summed E-state index contributed by atoms with van der Waals surface area (Å²) in [5.74, 6) is 0. The molecule has 0 spiro atoms. The van der Waals surface area contributed by atoms with E-state index in [9.17, 15) is 0 Å². The van der Waals surface area contributed by atoms with Crippen LogP contribution in [0.2, 0.25) is 0 Å². The van der Waals surface area contributed by atoms with Crippen LogP contribution >= 0.6 is 0 Å². The highest BCUT2D eigenvalue weighted by atomic mass is 14.9. The second kappa shape index (κ2) is 4.09. The average molecular weight is 217 g/mol. The molecule has 0 amide bonds. The summed E-state index contributed by atoms with van der Waals surface area (Å²) in [5, 5.41) is 0. The Labute approximate surface area is 104 Å². The molecule has 0 atom stereocenters. The van der Waals surface area contributed by atoms with Crippen molar-refractivity contribution in [3.63, 3.8) is 0 Å². The Morgan fingerprint density at radius 2 is 1.94 bits per heavy atom. The summed E-state index contributed by atoms with van der Waals surface area (Å²) < 4.78 is 40.5. The average Bonchev–Trinajstić information content (AvgIpc) is 2.37. The third kappa shape index (κ3) is 1.85. The van der Waals surface area contributed by atoms with Gasteiger partial charge in [-0.15, -0.1) is 0 Å². The Morgan fingerprint density at radius 3 is 2.62 bits per heavy atom. The molecule has 16 heavy (non-hydrogen) atoms. The highest BCUT2D eigenvalue weighted by molar-refractivity contribution is 5.63. The van der Waals surface area contributed by atoms with Gasteiger partial charge >= 0.3 is 0 Å². The number of hydrogen-bond donors (Lipinski definition) is 0. The van der Waals surface area contributed by atoms with E-state index >= 15 is 0 Å². The molecule has 1 aromatic heterocycles. The monoisotopic (exact) mass is 217 g/mol. The van der Waals surface area contributed by atoms with Gasteiger partial charge in [0, 0.05) is 20.8 Å². The first-order valence-corrected chi connectivity index (χ1v) is 5.22. The molecule has 0 saturated heterocycles. The third-order valence-electron chi connectivity index (χ3n) is 2.68. The Morgan fingerprint density at radius 1 is 1.19 bits per heavy atom. The molecule has 0 bridgehead atoms. The lowest BCUT2D eigenvalue weighted by molar-refractivity contribution is -0.661. The van der Waals surface area contributed by atoms with E-state index in [-0.39, 0.29) is 17.8 Å². The van der Waals surface area contributed by atoms with Gasteiger partial charge in [0.2, 0.25) is 5.69 Å². The zero-order valence-electron chi connectivity index (χ0n) is 14.8. The molecular weight excluding hydrogens is 194 g/mol. The lowest BCUT2D eigenvalue weighted by Crippen LogP contribution is -2.32. The van der Waals surface area contributed by atoms with Crippen molar-refractivity contribution < 1.29 is 11.4 Å². The first-order chi connectivity index (χ1) is 9.66. The second-order valence-corrected chi connectivity index (χ2v) is 3.96. The van der Waals surface area contributed by atoms with Crippen molar-refractivity contribution in [1.82, 2.24) is 0 Å². The van der Waals surface area contributed by atoms with Gasteiger partial charge in [0.15, 0.2) is 6.17 Å². The van der Waals surface area contributed by atoms with E-state index in [0.29, 0.717) is 5.56 Å². The van der Waals surface area contributed by atoms with Gasteiger partial charge < -0.3 is 0 Å². The molecule has 1 heteroatoms. The molecule has 0 aliphatic carbocycles. The zero-order chi connectivity index (χ0) is 15.9. The molecule has 1 aromatic carbocycles. The minimum absolute atomic E-state index is 0.0728. The molecule has 0 aliphatic heterocycles. The Bertz CT molecular complexity index is 675. The Hall–Kier alpha value is -1.63. The predicted molar refractivity (Wildman–Crippen MR) is 67.3 cm³/mol. The first-order valence-electron chi connectivity index (χ1n) is 7.72. The van der Waals surface area contributed by atoms with Crippen molar-refractivity contribution in [2.75, 3.05) is 0 Å². The van der Waals surface area contributed by atoms with E-state index in [1.165, 1.54) is 0 Å². The van der Waals surface area contributed by atoms with Gasteiger partial charge in [-0.2, -0.15) is 0 Å². The van der Waals surface area contributed by atoms with Crippen LogP contribution in [0.1, 0.15) is 23.5 Å². The number of nitrogens with zero attached hydrogens (tertiary/aromatic N) is 1. The number of rotatable bonds is 1. The van der Waals surface area contributed by atoms with E-state index < -0.39 is 6.85 Å². The first kappa shape index (κ1) is 6.19. The lowest BCUT2D eigenvalue weighted by Gasteiger charge is -2.07. The van der Waals surface area contributed by atoms with Crippen LogP contribution in [0.3, 0.4) is 0 Å². The maximum atomic E-state index is 8.16. The van der Waals surface area contributed by atoms with Gasteiger partial charge in [0.25, 0.3) is 0 Å². The molecule has 2 aromatic rings. The molecule has 1 heterocycles. The minimum Gasteiger partial charge on any atom is -0.201 e. The van der Waals surface area contributed by atoms with Crippen LogP contribution in [0.15, 0.2) is 36.5 Å². The molecular formula is C15H18N+. The van der Waals surface area contributed by atoms with Crippen LogP contribution in [0.25, 0.3) is 11.3 Å². The fourth-order valence-corrected chi connectivity index (χ4v) is 1.97. The van der Waals surface area contributed by atoms with Crippen LogP contribution in [-0.2, 0) is 7.05 Å². The standard InChI is InChI=1S/C15H18N/c1-11-9-13(3)15(16(4)10-11)14-8-6-5-7-12(14)2/h5-10H,1-4H3/q+1/i1D3,9D,10D. The predicted octanol–water partition coefficient (Wildman–Crippen LogP) is 3.10. The van der Waals surface area contributed by atoms with Crippen molar-refractivity contribution >= 4 is 0 Å². The number of benzene rings is 1. The SMILES string of the molecule is [2H]c1c(C)c(-c2ccccc2C)[n+](C)c([2H])c1C([2H])([2H])[2H]. The normalized spacial score (nSPS) is 15.8. The van der Waals surface area contributed by atoms with Crippen molar-refractivity contribution in [1.29, 1.82) is 0 Å². The molecule has 82 valence electrons. The molecule has 2 rings (SSSR count). The molecule has 0 aliphatic rings. The maximum Gasteiger partial charge on any atom is 0.215 e. The summed E-state index contributed by atoms with van der Waals surface area (Å²) in [6, 6.07) is 7.63. The van der Waals surface area contributed by atoms with Crippen molar-refractivity contribution in [2.45, 2.75) is 20.7 Å². The maximum absolute atomic E-state index is 8.16. The van der Waals surface area contributed by atoms with E-state index in [1.54, 1.807) is 18.5 Å². The minimum atomic E-state index is -2.46. The van der Waals surface area contributed by atoms with Crippen LogP contribution in [-0.4, -0.2) is 0 Å². The number of pyridine rings is 1. The van der Waals surface area contributed by atoms with Crippen molar-refractivity contribution in [3.05, 3.63) is 53.2 Å². The summed E-state index contributed by atoms with van der Waals surface area (Å²) in [6.45, 7) is 1.24. The van der Waals surface area contributed by atoms with Gasteiger partial charge in [-0.3, -0.25) is 0 Å². The molecule has 0 saturated carbocycles. The second-order valence-electron chi connectivity index (χ2n) is 3.96. The highest BCUT2D eigenvalue weighted by Crippen LogP contribution is 2.23. The van der Waals surface area contributed by atoms with Gasteiger partial charge in [-0.05, 0) is 38.4 Å². The highest BCUT2D eigenvalue weighted by Gasteiger charge is 2.15. The Kier molecular flexibility index (Phi) is 1.58. The van der Waals surface area contributed by atoms with Crippen LogP contribution in [0, 0.1) is 20.7 Å². The van der Waals surface area contributed by atoms with Gasteiger partial charge in [-0.25, -0.2) is 4.57 Å². The summed E-state index contributed by atoms with van der Waals surface area (Å²) in [4.78, 5) is 0. The molecule has 0 fully saturated rings. The van der Waals surface area contributed by atoms with E-state index in [0.717, 1.165) is 16.8 Å². The largest absolute Gasteiger partial charge is 0.215 e. The summed E-state index contributed by atoms with van der Waals surface area (Å²) in [6.07, 6.45) is -0.135. The number of aromatic nitrogens is 1. The third-order valence-corrected chi connectivity index (χ3v) is 2.68. The lowest BCUT2D eigenvalue weighted by atomic mass is 10.0. The quantitative estimate of drug-likeness (QED) is 0.646. The Balaban J connectivity index is 2.87. The smallest absolute Gasteiger partial charge is 0.201 e. The molecule has 0 N–H and O–H groups in total. The zero-order valence-corrected chi connectivity index (χ0v) is 9.76. The molecule has 1 nitrogen and oxygen atoms in total. The fraction of sp³-hybridized carbons (Fsp3) is 0.267. The van der Waals surface area contributed by atoms with Crippen LogP contribution < -0.4 is 4.57 Å². The van der Waals surface area contributed by atoms with E-state index in [4.69, 9.17) is 6.85 Å². The fourth-order valence-electron chi connectivity index (χ4n) is 1.97. The summed E-state index contributed by atoms with van der Waals surface area (Å²) in [7, 11) is 1.67. The van der Waals surface area contributed by atoms with E-state index in [1.807, 2.05) is 31.2 Å². The molecule has 0 unspecified atom stereocenters.